The smallest absolute Gasteiger partial charge is 0.255 e. The number of nitrogens with one attached hydrogen (secondary N) is 1. The maximum absolute atomic E-state index is 12.5. The number of nitrogens with zero attached hydrogens (tertiary/aromatic N) is 2. The molecule has 1 N–H and O–H groups in total. The van der Waals surface area contributed by atoms with E-state index in [0.29, 0.717) is 5.56 Å². The number of rotatable bonds is 3. The molecule has 0 bridgehead atoms. The van der Waals surface area contributed by atoms with E-state index in [-0.39, 0.29) is 5.91 Å². The van der Waals surface area contributed by atoms with E-state index in [2.05, 4.69) is 15.3 Å². The van der Waals surface area contributed by atoms with Gasteiger partial charge in [-0.3, -0.25) is 4.79 Å². The molecule has 0 aliphatic heterocycles. The molecule has 0 fully saturated rings. The molecule has 1 amide bonds. The second-order valence-corrected chi connectivity index (χ2v) is 7.16. The van der Waals surface area contributed by atoms with E-state index in [1.807, 2.05) is 68.4 Å². The first kappa shape index (κ1) is 16.4. The summed E-state index contributed by atoms with van der Waals surface area (Å²) in [4.78, 5) is 22.4. The number of pyridine rings is 1. The fourth-order valence-electron chi connectivity index (χ4n) is 2.71. The Morgan fingerprint density at radius 3 is 2.69 bits per heavy atom. The van der Waals surface area contributed by atoms with Gasteiger partial charge in [0, 0.05) is 23.0 Å². The first-order valence-corrected chi connectivity index (χ1v) is 9.12. The number of anilines is 1. The summed E-state index contributed by atoms with van der Waals surface area (Å²) in [5, 5.41) is 3.86. The fraction of sp³-hybridized carbons (Fsp3) is 0.0952. The van der Waals surface area contributed by atoms with Crippen molar-refractivity contribution in [3.05, 3.63) is 77.5 Å². The number of amides is 1. The Morgan fingerprint density at radius 1 is 1.00 bits per heavy atom. The lowest BCUT2D eigenvalue weighted by molar-refractivity contribution is 0.102. The first-order chi connectivity index (χ1) is 12.6. The highest BCUT2D eigenvalue weighted by molar-refractivity contribution is 7.21. The van der Waals surface area contributed by atoms with Crippen LogP contribution in [-0.2, 0) is 0 Å². The zero-order valence-corrected chi connectivity index (χ0v) is 15.3. The maximum atomic E-state index is 12.5. The summed E-state index contributed by atoms with van der Waals surface area (Å²) >= 11 is 1.54. The van der Waals surface area contributed by atoms with Crippen LogP contribution in [0.1, 0.15) is 21.5 Å². The highest BCUT2D eigenvalue weighted by Gasteiger charge is 2.10. The Morgan fingerprint density at radius 2 is 1.88 bits per heavy atom. The SMILES string of the molecule is Cc1ccc(C(=O)Nc2cccc(-c3nc4cccnc4s3)c2)cc1C. The topological polar surface area (TPSA) is 54.9 Å². The van der Waals surface area contributed by atoms with Crippen molar-refractivity contribution in [2.24, 2.45) is 0 Å². The maximum Gasteiger partial charge on any atom is 0.255 e. The minimum atomic E-state index is -0.115. The van der Waals surface area contributed by atoms with Gasteiger partial charge in [0.2, 0.25) is 0 Å². The van der Waals surface area contributed by atoms with E-state index < -0.39 is 0 Å². The first-order valence-electron chi connectivity index (χ1n) is 8.31. The normalized spacial score (nSPS) is 10.8. The van der Waals surface area contributed by atoms with Gasteiger partial charge in [0.25, 0.3) is 5.91 Å². The van der Waals surface area contributed by atoms with Crippen molar-refractivity contribution in [2.75, 3.05) is 5.32 Å². The third-order valence-electron chi connectivity index (χ3n) is 4.30. The van der Waals surface area contributed by atoms with Gasteiger partial charge in [0.05, 0.1) is 0 Å². The summed E-state index contributed by atoms with van der Waals surface area (Å²) in [6.07, 6.45) is 1.77. The number of carbonyl (C=O) groups is 1. The standard InChI is InChI=1S/C21H17N3OS/c1-13-8-9-15(11-14(13)2)19(25)23-17-6-3-5-16(12-17)20-24-18-7-4-10-22-21(18)26-20/h3-12H,1-2H3,(H,23,25). The minimum absolute atomic E-state index is 0.115. The molecule has 4 nitrogen and oxygen atoms in total. The number of hydrogen-bond donors (Lipinski definition) is 1. The number of aryl methyl sites for hydroxylation is 2. The third kappa shape index (κ3) is 3.21. The molecule has 0 saturated heterocycles. The van der Waals surface area contributed by atoms with Gasteiger partial charge < -0.3 is 5.32 Å². The molecule has 0 unspecified atom stereocenters. The van der Waals surface area contributed by atoms with Crippen molar-refractivity contribution in [3.63, 3.8) is 0 Å². The monoisotopic (exact) mass is 359 g/mol. The van der Waals surface area contributed by atoms with Crippen LogP contribution in [0.4, 0.5) is 5.69 Å². The van der Waals surface area contributed by atoms with E-state index in [9.17, 15) is 4.79 Å². The number of aromatic nitrogens is 2. The number of benzene rings is 2. The number of hydrogen-bond acceptors (Lipinski definition) is 4. The van der Waals surface area contributed by atoms with Crippen LogP contribution in [0.5, 0.6) is 0 Å². The molecule has 0 radical (unpaired) electrons. The van der Waals surface area contributed by atoms with E-state index in [0.717, 1.165) is 32.2 Å². The average Bonchev–Trinajstić information content (AvgIpc) is 3.08. The predicted molar refractivity (Wildman–Crippen MR) is 107 cm³/mol. The Labute approximate surface area is 155 Å². The molecule has 0 saturated carbocycles. The molecule has 2 aromatic carbocycles. The van der Waals surface area contributed by atoms with Crippen molar-refractivity contribution in [2.45, 2.75) is 13.8 Å². The third-order valence-corrected chi connectivity index (χ3v) is 5.33. The zero-order chi connectivity index (χ0) is 18.1. The van der Waals surface area contributed by atoms with Crippen LogP contribution in [0, 0.1) is 13.8 Å². The van der Waals surface area contributed by atoms with E-state index >= 15 is 0 Å². The van der Waals surface area contributed by atoms with Crippen LogP contribution < -0.4 is 5.32 Å². The minimum Gasteiger partial charge on any atom is -0.322 e. The van der Waals surface area contributed by atoms with Gasteiger partial charge in [-0.1, -0.05) is 29.5 Å². The summed E-state index contributed by atoms with van der Waals surface area (Å²) in [5.74, 6) is -0.115. The zero-order valence-electron chi connectivity index (χ0n) is 14.5. The molecule has 0 aliphatic carbocycles. The van der Waals surface area contributed by atoms with Crippen molar-refractivity contribution >= 4 is 33.3 Å². The molecule has 0 aliphatic rings. The van der Waals surface area contributed by atoms with Crippen LogP contribution in [0.25, 0.3) is 20.9 Å². The second-order valence-electron chi connectivity index (χ2n) is 6.18. The summed E-state index contributed by atoms with van der Waals surface area (Å²) in [5.41, 5.74) is 5.53. The molecule has 4 rings (SSSR count). The molecule has 128 valence electrons. The van der Waals surface area contributed by atoms with Crippen LogP contribution >= 0.6 is 11.3 Å². The lowest BCUT2D eigenvalue weighted by Gasteiger charge is -2.08. The highest BCUT2D eigenvalue weighted by atomic mass is 32.1. The molecular formula is C21H17N3OS. The summed E-state index contributed by atoms with van der Waals surface area (Å²) in [7, 11) is 0. The lowest BCUT2D eigenvalue weighted by Crippen LogP contribution is -2.12. The van der Waals surface area contributed by atoms with Crippen molar-refractivity contribution in [1.29, 1.82) is 0 Å². The van der Waals surface area contributed by atoms with Gasteiger partial charge in [0.1, 0.15) is 15.4 Å². The fourth-order valence-corrected chi connectivity index (χ4v) is 3.61. The van der Waals surface area contributed by atoms with Crippen molar-refractivity contribution in [1.82, 2.24) is 9.97 Å². The average molecular weight is 359 g/mol. The molecule has 26 heavy (non-hydrogen) atoms. The van der Waals surface area contributed by atoms with Gasteiger partial charge in [-0.2, -0.15) is 0 Å². The Bertz CT molecular complexity index is 1080. The van der Waals surface area contributed by atoms with Crippen LogP contribution in [0.3, 0.4) is 0 Å². The Balaban J connectivity index is 1.61. The lowest BCUT2D eigenvalue weighted by atomic mass is 10.1. The van der Waals surface area contributed by atoms with Crippen LogP contribution in [0.15, 0.2) is 60.8 Å². The summed E-state index contributed by atoms with van der Waals surface area (Å²) < 4.78 is 0. The molecular weight excluding hydrogens is 342 g/mol. The number of carbonyl (C=O) groups excluding carboxylic acids is 1. The van der Waals surface area contributed by atoms with Crippen LogP contribution in [0.2, 0.25) is 0 Å². The summed E-state index contributed by atoms with van der Waals surface area (Å²) in [6.45, 7) is 4.04. The van der Waals surface area contributed by atoms with Crippen LogP contribution in [-0.4, -0.2) is 15.9 Å². The highest BCUT2D eigenvalue weighted by Crippen LogP contribution is 2.30. The number of thiazole rings is 1. The molecule has 0 atom stereocenters. The van der Waals surface area contributed by atoms with Crippen molar-refractivity contribution in [3.8, 4) is 10.6 Å². The molecule has 2 heterocycles. The summed E-state index contributed by atoms with van der Waals surface area (Å²) in [6, 6.07) is 17.3. The Kier molecular flexibility index (Phi) is 4.22. The largest absolute Gasteiger partial charge is 0.322 e. The van der Waals surface area contributed by atoms with Gasteiger partial charge in [-0.25, -0.2) is 9.97 Å². The predicted octanol–water partition coefficient (Wildman–Crippen LogP) is 5.23. The quantitative estimate of drug-likeness (QED) is 0.545. The molecule has 5 heteroatoms. The molecule has 4 aromatic rings. The molecule has 2 aromatic heterocycles. The van der Waals surface area contributed by atoms with Gasteiger partial charge in [-0.05, 0) is 61.4 Å². The van der Waals surface area contributed by atoms with Gasteiger partial charge in [0.15, 0.2) is 0 Å². The van der Waals surface area contributed by atoms with E-state index in [4.69, 9.17) is 0 Å². The van der Waals surface area contributed by atoms with E-state index in [1.165, 1.54) is 5.56 Å². The van der Waals surface area contributed by atoms with Gasteiger partial charge >= 0.3 is 0 Å². The second kappa shape index (κ2) is 6.69. The van der Waals surface area contributed by atoms with Crippen molar-refractivity contribution < 1.29 is 4.79 Å². The molecule has 0 spiro atoms. The number of fused-ring (bicyclic) bond motifs is 1. The Hall–Kier alpha value is -3.05. The van der Waals surface area contributed by atoms with E-state index in [1.54, 1.807) is 17.5 Å². The van der Waals surface area contributed by atoms with Gasteiger partial charge in [-0.15, -0.1) is 0 Å².